The lowest BCUT2D eigenvalue weighted by atomic mass is 10.1. The quantitative estimate of drug-likeness (QED) is 0.781. The van der Waals surface area contributed by atoms with Gasteiger partial charge in [0.1, 0.15) is 0 Å². The molecule has 2 rings (SSSR count). The van der Waals surface area contributed by atoms with Crippen LogP contribution in [0.4, 0.5) is 0 Å². The lowest BCUT2D eigenvalue weighted by Crippen LogP contribution is -2.39. The van der Waals surface area contributed by atoms with Crippen LogP contribution in [0.25, 0.3) is 0 Å². The Labute approximate surface area is 123 Å². The first-order valence-corrected chi connectivity index (χ1v) is 9.47. The molecule has 3 unspecified atom stereocenters. The molecule has 0 saturated carbocycles. The maximum Gasteiger partial charge on any atom is 0.151 e. The summed E-state index contributed by atoms with van der Waals surface area (Å²) in [4.78, 5) is 2.17. The van der Waals surface area contributed by atoms with Crippen LogP contribution in [0.2, 0.25) is 0 Å². The predicted octanol–water partition coefficient (Wildman–Crippen LogP) is 0.651. The number of hydrogen-bond acceptors (Lipinski definition) is 5. The Morgan fingerprint density at radius 3 is 2.55 bits per heavy atom. The molecule has 20 heavy (non-hydrogen) atoms. The van der Waals surface area contributed by atoms with Crippen LogP contribution in [0.15, 0.2) is 0 Å². The molecule has 2 fully saturated rings. The number of nitrogens with zero attached hydrogens (tertiary/aromatic N) is 1. The van der Waals surface area contributed by atoms with E-state index in [9.17, 15) is 8.42 Å². The van der Waals surface area contributed by atoms with Gasteiger partial charge in [-0.15, -0.1) is 0 Å². The minimum absolute atomic E-state index is 0.177. The monoisotopic (exact) mass is 304 g/mol. The van der Waals surface area contributed by atoms with Crippen LogP contribution in [0.3, 0.4) is 0 Å². The third-order valence-electron chi connectivity index (χ3n) is 4.27. The Bertz CT molecular complexity index is 411. The lowest BCUT2D eigenvalue weighted by molar-refractivity contribution is 0.0216. The molecule has 3 atom stereocenters. The van der Waals surface area contributed by atoms with Gasteiger partial charge in [0.05, 0.1) is 23.7 Å². The summed E-state index contributed by atoms with van der Waals surface area (Å²) >= 11 is 0. The zero-order chi connectivity index (χ0) is 14.8. The standard InChI is InChI=1S/C14H28N2O3S/c1-11(2)15-8-13-4-5-14(19-13)9-16(3)12-6-7-20(17,18)10-12/h11-15H,4-10H2,1-3H3. The summed E-state index contributed by atoms with van der Waals surface area (Å²) in [6.45, 7) is 6.04. The van der Waals surface area contributed by atoms with Gasteiger partial charge in [-0.1, -0.05) is 13.8 Å². The third kappa shape index (κ3) is 4.69. The highest BCUT2D eigenvalue weighted by Gasteiger charge is 2.33. The summed E-state index contributed by atoms with van der Waals surface area (Å²) in [6.07, 6.45) is 3.50. The average molecular weight is 304 g/mol. The second kappa shape index (κ2) is 6.73. The molecule has 0 spiro atoms. The minimum Gasteiger partial charge on any atom is -0.372 e. The topological polar surface area (TPSA) is 58.6 Å². The smallest absolute Gasteiger partial charge is 0.151 e. The van der Waals surface area contributed by atoms with E-state index in [2.05, 4.69) is 24.1 Å². The summed E-state index contributed by atoms with van der Waals surface area (Å²) in [5, 5.41) is 3.41. The lowest BCUT2D eigenvalue weighted by Gasteiger charge is -2.26. The van der Waals surface area contributed by atoms with E-state index in [0.717, 1.165) is 32.4 Å². The molecule has 2 aliphatic heterocycles. The first-order chi connectivity index (χ1) is 9.35. The van der Waals surface area contributed by atoms with Gasteiger partial charge >= 0.3 is 0 Å². The van der Waals surface area contributed by atoms with Gasteiger partial charge in [-0.25, -0.2) is 8.42 Å². The molecule has 0 aromatic heterocycles. The first-order valence-electron chi connectivity index (χ1n) is 7.65. The predicted molar refractivity (Wildman–Crippen MR) is 80.7 cm³/mol. The molecular weight excluding hydrogens is 276 g/mol. The third-order valence-corrected chi connectivity index (χ3v) is 6.02. The van der Waals surface area contributed by atoms with Crippen molar-refractivity contribution < 1.29 is 13.2 Å². The molecule has 2 saturated heterocycles. The number of nitrogens with one attached hydrogen (secondary N) is 1. The van der Waals surface area contributed by atoms with E-state index in [1.165, 1.54) is 0 Å². The highest BCUT2D eigenvalue weighted by molar-refractivity contribution is 7.91. The van der Waals surface area contributed by atoms with Crippen LogP contribution < -0.4 is 5.32 Å². The van der Waals surface area contributed by atoms with Gasteiger partial charge < -0.3 is 10.1 Å². The minimum atomic E-state index is -2.80. The summed E-state index contributed by atoms with van der Waals surface area (Å²) < 4.78 is 29.1. The van der Waals surface area contributed by atoms with E-state index >= 15 is 0 Å². The summed E-state index contributed by atoms with van der Waals surface area (Å²) in [7, 11) is -0.773. The molecular formula is C14H28N2O3S. The SMILES string of the molecule is CC(C)NCC1CCC(CN(C)C2CCS(=O)(=O)C2)O1. The molecule has 0 amide bonds. The number of hydrogen-bond donors (Lipinski definition) is 1. The summed E-state index contributed by atoms with van der Waals surface area (Å²) in [5.74, 6) is 0.656. The van der Waals surface area contributed by atoms with E-state index in [1.54, 1.807) is 0 Å². The van der Waals surface area contributed by atoms with Crippen LogP contribution in [0.1, 0.15) is 33.1 Å². The van der Waals surface area contributed by atoms with Crippen molar-refractivity contribution in [2.24, 2.45) is 0 Å². The fourth-order valence-corrected chi connectivity index (χ4v) is 4.83. The molecule has 2 aliphatic rings. The fourth-order valence-electron chi connectivity index (χ4n) is 3.02. The van der Waals surface area contributed by atoms with Gasteiger partial charge in [0.25, 0.3) is 0 Å². The molecule has 5 nitrogen and oxygen atoms in total. The maximum absolute atomic E-state index is 11.5. The van der Waals surface area contributed by atoms with Crippen molar-refractivity contribution in [3.8, 4) is 0 Å². The number of rotatable bonds is 6. The highest BCUT2D eigenvalue weighted by Crippen LogP contribution is 2.23. The zero-order valence-corrected chi connectivity index (χ0v) is 13.7. The second-order valence-corrected chi connectivity index (χ2v) is 8.75. The number of ether oxygens (including phenoxy) is 1. The second-order valence-electron chi connectivity index (χ2n) is 6.52. The Morgan fingerprint density at radius 1 is 1.25 bits per heavy atom. The highest BCUT2D eigenvalue weighted by atomic mass is 32.2. The Kier molecular flexibility index (Phi) is 5.45. The first kappa shape index (κ1) is 16.2. The molecule has 0 bridgehead atoms. The molecule has 0 aromatic carbocycles. The van der Waals surface area contributed by atoms with Crippen molar-refractivity contribution in [1.82, 2.24) is 10.2 Å². The van der Waals surface area contributed by atoms with E-state index in [0.29, 0.717) is 23.7 Å². The van der Waals surface area contributed by atoms with Crippen molar-refractivity contribution >= 4 is 9.84 Å². The van der Waals surface area contributed by atoms with Crippen molar-refractivity contribution in [3.63, 3.8) is 0 Å². The average Bonchev–Trinajstić information content (AvgIpc) is 2.93. The molecule has 0 radical (unpaired) electrons. The molecule has 0 aromatic rings. The normalized spacial score (nSPS) is 33.4. The Hall–Kier alpha value is -0.170. The van der Waals surface area contributed by atoms with Gasteiger partial charge in [0.15, 0.2) is 9.84 Å². The Morgan fingerprint density at radius 2 is 1.95 bits per heavy atom. The van der Waals surface area contributed by atoms with Gasteiger partial charge in [0.2, 0.25) is 0 Å². The van der Waals surface area contributed by atoms with Crippen molar-refractivity contribution in [2.75, 3.05) is 31.6 Å². The summed E-state index contributed by atoms with van der Waals surface area (Å²) in [6, 6.07) is 0.667. The molecule has 1 N–H and O–H groups in total. The van der Waals surface area contributed by atoms with E-state index in [4.69, 9.17) is 4.74 Å². The van der Waals surface area contributed by atoms with Crippen molar-refractivity contribution in [1.29, 1.82) is 0 Å². The number of sulfone groups is 1. The number of likely N-dealkylation sites (N-methyl/N-ethyl adjacent to an activating group) is 1. The van der Waals surface area contributed by atoms with Crippen LogP contribution >= 0.6 is 0 Å². The molecule has 118 valence electrons. The van der Waals surface area contributed by atoms with Crippen LogP contribution in [-0.2, 0) is 14.6 Å². The van der Waals surface area contributed by atoms with Gasteiger partial charge in [0, 0.05) is 25.2 Å². The van der Waals surface area contributed by atoms with E-state index < -0.39 is 9.84 Å². The van der Waals surface area contributed by atoms with E-state index in [-0.39, 0.29) is 12.1 Å². The Balaban J connectivity index is 1.72. The zero-order valence-electron chi connectivity index (χ0n) is 12.8. The summed E-state index contributed by atoms with van der Waals surface area (Å²) in [5.41, 5.74) is 0. The van der Waals surface area contributed by atoms with E-state index in [1.807, 2.05) is 7.05 Å². The van der Waals surface area contributed by atoms with Gasteiger partial charge in [-0.2, -0.15) is 0 Å². The molecule has 6 heteroatoms. The maximum atomic E-state index is 11.5. The molecule has 2 heterocycles. The van der Waals surface area contributed by atoms with Gasteiger partial charge in [-0.05, 0) is 26.3 Å². The van der Waals surface area contributed by atoms with Crippen LogP contribution in [0.5, 0.6) is 0 Å². The van der Waals surface area contributed by atoms with Crippen molar-refractivity contribution in [2.45, 2.75) is 57.4 Å². The van der Waals surface area contributed by atoms with Crippen LogP contribution in [-0.4, -0.2) is 69.3 Å². The van der Waals surface area contributed by atoms with Gasteiger partial charge in [-0.3, -0.25) is 4.90 Å². The van der Waals surface area contributed by atoms with Crippen LogP contribution in [0, 0.1) is 0 Å². The largest absolute Gasteiger partial charge is 0.372 e. The molecule has 0 aliphatic carbocycles. The van der Waals surface area contributed by atoms with Crippen molar-refractivity contribution in [3.05, 3.63) is 0 Å². The fraction of sp³-hybridized carbons (Fsp3) is 1.00.